The van der Waals surface area contributed by atoms with Crippen LogP contribution in [0, 0.1) is 0 Å². The lowest BCUT2D eigenvalue weighted by Gasteiger charge is -2.19. The van der Waals surface area contributed by atoms with Crippen molar-refractivity contribution in [1.82, 2.24) is 4.90 Å². The van der Waals surface area contributed by atoms with Crippen LogP contribution in [0.3, 0.4) is 0 Å². The fraction of sp³-hybridized carbons (Fsp3) is 0.364. The van der Waals surface area contributed by atoms with Crippen molar-refractivity contribution in [1.29, 1.82) is 0 Å². The quantitative estimate of drug-likeness (QED) is 0.900. The minimum atomic E-state index is -0.104. The number of halogens is 2. The monoisotopic (exact) mass is 304 g/mol. The molecular weight excluding hydrogens is 291 g/mol. The Hall–Kier alpha value is -0.740. The number of nitrogens with zero attached hydrogens (tertiary/aromatic N) is 1. The van der Waals surface area contributed by atoms with Crippen molar-refractivity contribution in [3.8, 4) is 0 Å². The van der Waals surface area contributed by atoms with E-state index in [-0.39, 0.29) is 6.03 Å². The highest BCUT2D eigenvalue weighted by Crippen LogP contribution is 2.26. The molecule has 0 aliphatic heterocycles. The summed E-state index contributed by atoms with van der Waals surface area (Å²) in [5.41, 5.74) is 0.723. The third kappa shape index (κ3) is 3.39. The van der Waals surface area contributed by atoms with Crippen molar-refractivity contribution in [3.05, 3.63) is 27.7 Å². The molecule has 0 heterocycles. The summed E-state index contributed by atoms with van der Waals surface area (Å²) in [4.78, 5) is 13.5. The highest BCUT2D eigenvalue weighted by molar-refractivity contribution is 9.10. The second kappa shape index (κ2) is 6.11. The van der Waals surface area contributed by atoms with E-state index in [0.717, 1.165) is 10.2 Å². The SMILES string of the molecule is CCN(CC)C(=O)Nc1ccc(Cl)cc1Br. The molecule has 1 aromatic rings. The van der Waals surface area contributed by atoms with Crippen LogP contribution in [0.15, 0.2) is 22.7 Å². The lowest BCUT2D eigenvalue weighted by Crippen LogP contribution is -2.34. The molecular formula is C11H14BrClN2O. The van der Waals surface area contributed by atoms with Gasteiger partial charge in [-0.05, 0) is 48.0 Å². The maximum absolute atomic E-state index is 11.8. The van der Waals surface area contributed by atoms with Crippen LogP contribution < -0.4 is 5.32 Å². The molecule has 16 heavy (non-hydrogen) atoms. The predicted molar refractivity (Wildman–Crippen MR) is 71.1 cm³/mol. The zero-order valence-electron chi connectivity index (χ0n) is 9.26. The molecule has 0 aliphatic carbocycles. The minimum Gasteiger partial charge on any atom is -0.325 e. The standard InChI is InChI=1S/C11H14BrClN2O/c1-3-15(4-2)11(16)14-10-6-5-8(13)7-9(10)12/h5-7H,3-4H2,1-2H3,(H,14,16). The molecule has 0 saturated heterocycles. The molecule has 1 aromatic carbocycles. The molecule has 0 radical (unpaired) electrons. The smallest absolute Gasteiger partial charge is 0.321 e. The fourth-order valence-electron chi connectivity index (χ4n) is 1.30. The number of urea groups is 1. The summed E-state index contributed by atoms with van der Waals surface area (Å²) >= 11 is 9.17. The van der Waals surface area contributed by atoms with E-state index in [1.807, 2.05) is 13.8 Å². The summed E-state index contributed by atoms with van der Waals surface area (Å²) in [6, 6.07) is 5.16. The lowest BCUT2D eigenvalue weighted by atomic mass is 10.3. The molecule has 0 spiro atoms. The number of hydrogen-bond donors (Lipinski definition) is 1. The van der Waals surface area contributed by atoms with Gasteiger partial charge in [-0.1, -0.05) is 11.6 Å². The van der Waals surface area contributed by atoms with E-state index in [4.69, 9.17) is 11.6 Å². The van der Waals surface area contributed by atoms with Gasteiger partial charge in [0.2, 0.25) is 0 Å². The molecule has 0 fully saturated rings. The second-order valence-corrected chi connectivity index (χ2v) is 4.52. The zero-order valence-corrected chi connectivity index (χ0v) is 11.6. The minimum absolute atomic E-state index is 0.104. The van der Waals surface area contributed by atoms with Crippen molar-refractivity contribution in [2.75, 3.05) is 18.4 Å². The number of rotatable bonds is 3. The Labute approximate surface area is 109 Å². The largest absolute Gasteiger partial charge is 0.325 e. The molecule has 5 heteroatoms. The van der Waals surface area contributed by atoms with Crippen LogP contribution in [0.4, 0.5) is 10.5 Å². The first-order valence-corrected chi connectivity index (χ1v) is 6.26. The molecule has 0 unspecified atom stereocenters. The number of benzene rings is 1. The first-order valence-electron chi connectivity index (χ1n) is 5.09. The van der Waals surface area contributed by atoms with E-state index < -0.39 is 0 Å². The topological polar surface area (TPSA) is 32.3 Å². The molecule has 0 saturated carbocycles. The molecule has 2 amide bonds. The normalized spacial score (nSPS) is 10.0. The maximum atomic E-state index is 11.8. The molecule has 3 nitrogen and oxygen atoms in total. The average molecular weight is 306 g/mol. The molecule has 0 atom stereocenters. The number of amides is 2. The van der Waals surface area contributed by atoms with Gasteiger partial charge in [0, 0.05) is 22.6 Å². The van der Waals surface area contributed by atoms with Gasteiger partial charge < -0.3 is 10.2 Å². The third-order valence-electron chi connectivity index (χ3n) is 2.22. The Morgan fingerprint density at radius 2 is 2.06 bits per heavy atom. The van der Waals surface area contributed by atoms with Crippen LogP contribution in [0.25, 0.3) is 0 Å². The van der Waals surface area contributed by atoms with Gasteiger partial charge in [0.15, 0.2) is 0 Å². The number of carbonyl (C=O) groups is 1. The predicted octanol–water partition coefficient (Wildman–Crippen LogP) is 3.98. The number of carbonyl (C=O) groups excluding carboxylic acids is 1. The van der Waals surface area contributed by atoms with Gasteiger partial charge in [-0.2, -0.15) is 0 Å². The summed E-state index contributed by atoms with van der Waals surface area (Å²) in [7, 11) is 0. The van der Waals surface area contributed by atoms with E-state index in [2.05, 4.69) is 21.2 Å². The van der Waals surface area contributed by atoms with Gasteiger partial charge in [0.05, 0.1) is 5.69 Å². The molecule has 0 aromatic heterocycles. The zero-order chi connectivity index (χ0) is 12.1. The first kappa shape index (κ1) is 13.3. The maximum Gasteiger partial charge on any atom is 0.321 e. The van der Waals surface area contributed by atoms with Crippen LogP contribution in [0.5, 0.6) is 0 Å². The van der Waals surface area contributed by atoms with Crippen molar-refractivity contribution in [3.63, 3.8) is 0 Å². The van der Waals surface area contributed by atoms with Gasteiger partial charge in [0.1, 0.15) is 0 Å². The van der Waals surface area contributed by atoms with Crippen molar-refractivity contribution >= 4 is 39.2 Å². The Balaban J connectivity index is 2.76. The lowest BCUT2D eigenvalue weighted by molar-refractivity contribution is 0.217. The van der Waals surface area contributed by atoms with Gasteiger partial charge >= 0.3 is 6.03 Å². The van der Waals surface area contributed by atoms with Crippen molar-refractivity contribution in [2.45, 2.75) is 13.8 Å². The molecule has 88 valence electrons. The summed E-state index contributed by atoms with van der Waals surface area (Å²) in [5, 5.41) is 3.45. The van der Waals surface area contributed by atoms with E-state index >= 15 is 0 Å². The number of nitrogens with one attached hydrogen (secondary N) is 1. The van der Waals surface area contributed by atoms with Crippen molar-refractivity contribution < 1.29 is 4.79 Å². The summed E-state index contributed by atoms with van der Waals surface area (Å²) in [6.45, 7) is 5.26. The van der Waals surface area contributed by atoms with Crippen LogP contribution in [-0.4, -0.2) is 24.0 Å². The summed E-state index contributed by atoms with van der Waals surface area (Å²) < 4.78 is 0.778. The fourth-order valence-corrected chi connectivity index (χ4v) is 2.08. The van der Waals surface area contributed by atoms with Crippen LogP contribution in [-0.2, 0) is 0 Å². The Morgan fingerprint density at radius 1 is 1.44 bits per heavy atom. The first-order chi connectivity index (χ1) is 7.58. The van der Waals surface area contributed by atoms with E-state index in [1.54, 1.807) is 23.1 Å². The van der Waals surface area contributed by atoms with Crippen molar-refractivity contribution in [2.24, 2.45) is 0 Å². The summed E-state index contributed by atoms with van der Waals surface area (Å²) in [6.07, 6.45) is 0. The highest BCUT2D eigenvalue weighted by atomic mass is 79.9. The number of anilines is 1. The second-order valence-electron chi connectivity index (χ2n) is 3.23. The molecule has 0 aliphatic rings. The Morgan fingerprint density at radius 3 is 2.56 bits per heavy atom. The van der Waals surface area contributed by atoms with Crippen LogP contribution >= 0.6 is 27.5 Å². The average Bonchev–Trinajstić information content (AvgIpc) is 2.24. The van der Waals surface area contributed by atoms with Crippen LogP contribution in [0.1, 0.15) is 13.8 Å². The molecule has 0 bridgehead atoms. The summed E-state index contributed by atoms with van der Waals surface area (Å²) in [5.74, 6) is 0. The van der Waals surface area contributed by atoms with Crippen LogP contribution in [0.2, 0.25) is 5.02 Å². The van der Waals surface area contributed by atoms with Gasteiger partial charge in [-0.3, -0.25) is 0 Å². The highest BCUT2D eigenvalue weighted by Gasteiger charge is 2.10. The van der Waals surface area contributed by atoms with E-state index in [9.17, 15) is 4.79 Å². The third-order valence-corrected chi connectivity index (χ3v) is 3.11. The van der Waals surface area contributed by atoms with Gasteiger partial charge in [-0.25, -0.2) is 4.79 Å². The van der Waals surface area contributed by atoms with Gasteiger partial charge in [0.25, 0.3) is 0 Å². The number of hydrogen-bond acceptors (Lipinski definition) is 1. The molecule has 1 N–H and O–H groups in total. The van der Waals surface area contributed by atoms with Gasteiger partial charge in [-0.15, -0.1) is 0 Å². The molecule has 1 rings (SSSR count). The van der Waals surface area contributed by atoms with E-state index in [0.29, 0.717) is 18.1 Å². The Kier molecular flexibility index (Phi) is 5.09. The van der Waals surface area contributed by atoms with E-state index in [1.165, 1.54) is 0 Å². The Bertz CT molecular complexity index is 380.